The molecule has 37 heavy (non-hydrogen) atoms. The van der Waals surface area contributed by atoms with Crippen LogP contribution < -0.4 is 5.32 Å². The molecule has 0 aliphatic carbocycles. The molecule has 4 aromatic carbocycles. The number of nitrogens with one attached hydrogen (secondary N) is 1. The van der Waals surface area contributed by atoms with Gasteiger partial charge in [-0.3, -0.25) is 25.0 Å². The summed E-state index contributed by atoms with van der Waals surface area (Å²) in [5, 5.41) is 26.1. The van der Waals surface area contributed by atoms with E-state index in [1.165, 1.54) is 24.3 Å². The number of non-ortho nitro benzene ring substituents is 2. The number of rotatable bonds is 6. The van der Waals surface area contributed by atoms with Crippen LogP contribution in [0.4, 0.5) is 11.4 Å². The van der Waals surface area contributed by atoms with Crippen molar-refractivity contribution in [1.29, 1.82) is 0 Å². The number of carbonyl (C=O) groups is 1. The van der Waals surface area contributed by atoms with E-state index in [0.29, 0.717) is 0 Å². The van der Waals surface area contributed by atoms with Crippen molar-refractivity contribution in [2.24, 2.45) is 0 Å². The topological polar surface area (TPSA) is 115 Å². The van der Waals surface area contributed by atoms with Crippen LogP contribution in [0, 0.1) is 20.2 Å². The van der Waals surface area contributed by atoms with E-state index in [0.717, 1.165) is 22.3 Å². The third-order valence-corrected chi connectivity index (χ3v) is 6.88. The molecule has 1 heterocycles. The van der Waals surface area contributed by atoms with Gasteiger partial charge in [-0.05, 0) is 22.3 Å². The molecule has 1 aliphatic heterocycles. The van der Waals surface area contributed by atoms with Crippen molar-refractivity contribution >= 4 is 17.2 Å². The van der Waals surface area contributed by atoms with Crippen LogP contribution in [-0.2, 0) is 4.79 Å². The Morgan fingerprint density at radius 3 is 1.19 bits per heavy atom. The van der Waals surface area contributed by atoms with Gasteiger partial charge in [0.15, 0.2) is 5.78 Å². The van der Waals surface area contributed by atoms with Gasteiger partial charge in [0.05, 0.1) is 21.7 Å². The summed E-state index contributed by atoms with van der Waals surface area (Å²) < 4.78 is 0. The molecule has 1 N–H and O–H groups in total. The number of nitro groups is 2. The summed E-state index contributed by atoms with van der Waals surface area (Å²) in [5.74, 6) is -1.10. The monoisotopic (exact) mass is 493 g/mol. The lowest BCUT2D eigenvalue weighted by atomic mass is 9.70. The summed E-state index contributed by atoms with van der Waals surface area (Å²) in [7, 11) is 0. The van der Waals surface area contributed by atoms with Crippen LogP contribution in [0.5, 0.6) is 0 Å². The molecule has 5 rings (SSSR count). The van der Waals surface area contributed by atoms with Crippen LogP contribution in [-0.4, -0.2) is 15.6 Å². The van der Waals surface area contributed by atoms with Crippen molar-refractivity contribution in [3.63, 3.8) is 0 Å². The van der Waals surface area contributed by atoms with Crippen LogP contribution in [0.3, 0.4) is 0 Å². The van der Waals surface area contributed by atoms with E-state index in [4.69, 9.17) is 0 Å². The molecule has 8 nitrogen and oxygen atoms in total. The zero-order valence-electron chi connectivity index (χ0n) is 19.6. The molecular formula is C29H23N3O5. The lowest BCUT2D eigenvalue weighted by molar-refractivity contribution is -0.385. The van der Waals surface area contributed by atoms with Crippen LogP contribution in [0.2, 0.25) is 0 Å². The van der Waals surface area contributed by atoms with Crippen LogP contribution in [0.15, 0.2) is 109 Å². The molecule has 0 amide bonds. The maximum absolute atomic E-state index is 14.4. The summed E-state index contributed by atoms with van der Waals surface area (Å²) in [6.07, 6.45) is 0. The van der Waals surface area contributed by atoms with Gasteiger partial charge in [-0.1, -0.05) is 84.9 Å². The minimum absolute atomic E-state index is 0.00264. The highest BCUT2D eigenvalue weighted by Gasteiger charge is 2.46. The first-order chi connectivity index (χ1) is 17.9. The molecule has 0 unspecified atom stereocenters. The molecule has 1 aliphatic rings. The molecule has 0 bridgehead atoms. The number of Topliss-reactive ketones (excluding diaryl/α,β-unsaturated/α-hetero) is 1. The summed E-state index contributed by atoms with van der Waals surface area (Å²) >= 11 is 0. The van der Waals surface area contributed by atoms with E-state index in [1.54, 1.807) is 24.3 Å². The number of nitrogens with zero attached hydrogens (tertiary/aromatic N) is 2. The third kappa shape index (κ3) is 4.74. The second-order valence-corrected chi connectivity index (χ2v) is 9.00. The normalized spacial score (nSPS) is 21.4. The Labute approximate surface area is 212 Å². The fourth-order valence-corrected chi connectivity index (χ4v) is 5.13. The highest BCUT2D eigenvalue weighted by Crippen LogP contribution is 2.47. The molecular weight excluding hydrogens is 470 g/mol. The van der Waals surface area contributed by atoms with Crippen LogP contribution >= 0.6 is 0 Å². The minimum atomic E-state index is -0.554. The minimum Gasteiger partial charge on any atom is -0.301 e. The van der Waals surface area contributed by atoms with Crippen molar-refractivity contribution in [2.75, 3.05) is 0 Å². The Hall–Kier alpha value is -4.69. The Balaban J connectivity index is 1.65. The maximum atomic E-state index is 14.4. The van der Waals surface area contributed by atoms with E-state index in [9.17, 15) is 25.0 Å². The Bertz CT molecular complexity index is 1320. The molecule has 8 heteroatoms. The van der Waals surface area contributed by atoms with E-state index < -0.39 is 33.8 Å². The fourth-order valence-electron chi connectivity index (χ4n) is 5.13. The largest absolute Gasteiger partial charge is 0.301 e. The van der Waals surface area contributed by atoms with E-state index in [2.05, 4.69) is 5.32 Å². The number of ketones is 1. The van der Waals surface area contributed by atoms with E-state index in [-0.39, 0.29) is 17.2 Å². The average Bonchev–Trinajstić information content (AvgIpc) is 2.93. The van der Waals surface area contributed by atoms with E-state index >= 15 is 0 Å². The SMILES string of the molecule is O=C1[C@@H](c2ccccc2)[C@@H](c2ccc([N+](=O)[O-])cc2)N[C@@H](c2ccc([N+](=O)[O-])cc2)[C@@H]1c1ccccc1. The van der Waals surface area contributed by atoms with Crippen molar-refractivity contribution < 1.29 is 14.6 Å². The zero-order valence-corrected chi connectivity index (χ0v) is 19.6. The number of hydrogen-bond donors (Lipinski definition) is 1. The molecule has 0 aromatic heterocycles. The van der Waals surface area contributed by atoms with Gasteiger partial charge in [-0.25, -0.2) is 0 Å². The van der Waals surface area contributed by atoms with E-state index in [1.807, 2.05) is 60.7 Å². The van der Waals surface area contributed by atoms with Gasteiger partial charge < -0.3 is 5.32 Å². The fraction of sp³-hybridized carbons (Fsp3) is 0.138. The van der Waals surface area contributed by atoms with Gasteiger partial charge >= 0.3 is 0 Å². The predicted molar refractivity (Wildman–Crippen MR) is 138 cm³/mol. The van der Waals surface area contributed by atoms with Crippen molar-refractivity contribution in [3.8, 4) is 0 Å². The highest BCUT2D eigenvalue weighted by atomic mass is 16.6. The smallest absolute Gasteiger partial charge is 0.269 e. The maximum Gasteiger partial charge on any atom is 0.269 e. The van der Waals surface area contributed by atoms with Crippen molar-refractivity contribution in [3.05, 3.63) is 152 Å². The number of hydrogen-bond acceptors (Lipinski definition) is 6. The van der Waals surface area contributed by atoms with Crippen molar-refractivity contribution in [2.45, 2.75) is 23.9 Å². The second kappa shape index (κ2) is 10.1. The molecule has 0 radical (unpaired) electrons. The summed E-state index contributed by atoms with van der Waals surface area (Å²) in [4.78, 5) is 35.9. The number of benzene rings is 4. The molecule has 0 spiro atoms. The Morgan fingerprint density at radius 1 is 0.514 bits per heavy atom. The average molecular weight is 494 g/mol. The zero-order chi connectivity index (χ0) is 25.9. The first-order valence-corrected chi connectivity index (χ1v) is 11.8. The molecule has 1 saturated heterocycles. The molecule has 4 aromatic rings. The van der Waals surface area contributed by atoms with Gasteiger partial charge in [0, 0.05) is 36.3 Å². The Kier molecular flexibility index (Phi) is 6.57. The van der Waals surface area contributed by atoms with Gasteiger partial charge in [0.1, 0.15) is 0 Å². The third-order valence-electron chi connectivity index (χ3n) is 6.88. The lowest BCUT2D eigenvalue weighted by Gasteiger charge is -2.42. The summed E-state index contributed by atoms with van der Waals surface area (Å²) in [5.41, 5.74) is 3.10. The van der Waals surface area contributed by atoms with Gasteiger partial charge in [-0.15, -0.1) is 0 Å². The van der Waals surface area contributed by atoms with Crippen LogP contribution in [0.1, 0.15) is 46.2 Å². The van der Waals surface area contributed by atoms with Crippen molar-refractivity contribution in [1.82, 2.24) is 5.32 Å². The molecule has 0 saturated carbocycles. The second-order valence-electron chi connectivity index (χ2n) is 9.00. The number of piperidine rings is 1. The predicted octanol–water partition coefficient (Wildman–Crippen LogP) is 6.03. The summed E-state index contributed by atoms with van der Waals surface area (Å²) in [6.45, 7) is 0. The van der Waals surface area contributed by atoms with Gasteiger partial charge in [-0.2, -0.15) is 0 Å². The lowest BCUT2D eigenvalue weighted by Crippen LogP contribution is -2.46. The Morgan fingerprint density at radius 2 is 0.865 bits per heavy atom. The quantitative estimate of drug-likeness (QED) is 0.259. The first kappa shape index (κ1) is 24.0. The molecule has 184 valence electrons. The first-order valence-electron chi connectivity index (χ1n) is 11.8. The standard InChI is InChI=1S/C29H23N3O5/c33-29-25(19-7-3-1-4-8-19)27(21-11-15-23(16-12-21)31(34)35)30-28(26(29)20-9-5-2-6-10-20)22-13-17-24(18-14-22)32(36)37/h1-18,25-28,30H/t25-,26-,27-,28+/m0/s1. The molecule has 4 atom stereocenters. The number of nitro benzene ring substituents is 2. The summed E-state index contributed by atoms with van der Waals surface area (Å²) in [6, 6.07) is 30.5. The van der Waals surface area contributed by atoms with Gasteiger partial charge in [0.25, 0.3) is 11.4 Å². The molecule has 1 fully saturated rings. The number of carbonyl (C=O) groups excluding carboxylic acids is 1. The highest BCUT2D eigenvalue weighted by molar-refractivity contribution is 5.94. The van der Waals surface area contributed by atoms with Crippen LogP contribution in [0.25, 0.3) is 0 Å². The van der Waals surface area contributed by atoms with Gasteiger partial charge in [0.2, 0.25) is 0 Å².